The molecule has 0 spiro atoms. The zero-order valence-electron chi connectivity index (χ0n) is 17.2. The summed E-state index contributed by atoms with van der Waals surface area (Å²) >= 11 is 1.30. The molecule has 4 aromatic rings. The van der Waals surface area contributed by atoms with Gasteiger partial charge in [0.1, 0.15) is 5.82 Å². The summed E-state index contributed by atoms with van der Waals surface area (Å²) in [6.07, 6.45) is 0. The topological polar surface area (TPSA) is 59.8 Å². The zero-order valence-corrected chi connectivity index (χ0v) is 18.0. The first kappa shape index (κ1) is 20.8. The molecule has 1 heterocycles. The van der Waals surface area contributed by atoms with E-state index in [0.717, 1.165) is 28.1 Å². The van der Waals surface area contributed by atoms with Crippen LogP contribution in [0.4, 0.5) is 10.1 Å². The SMILES string of the molecule is Cc1cccc(C)c1NC(=O)CSc1nnc(-c2ccc(F)cc2)n1-c1ccccc1. The van der Waals surface area contributed by atoms with Gasteiger partial charge < -0.3 is 5.32 Å². The van der Waals surface area contributed by atoms with Crippen molar-refractivity contribution < 1.29 is 9.18 Å². The largest absolute Gasteiger partial charge is 0.325 e. The first-order valence-electron chi connectivity index (χ1n) is 9.78. The number of nitrogens with zero attached hydrogens (tertiary/aromatic N) is 3. The summed E-state index contributed by atoms with van der Waals surface area (Å²) in [6.45, 7) is 3.94. The molecule has 5 nitrogen and oxygen atoms in total. The van der Waals surface area contributed by atoms with Crippen LogP contribution in [0.5, 0.6) is 0 Å². The number of para-hydroxylation sites is 2. The minimum Gasteiger partial charge on any atom is -0.325 e. The summed E-state index contributed by atoms with van der Waals surface area (Å²) in [5.74, 6) is 0.340. The second-order valence-electron chi connectivity index (χ2n) is 7.09. The Morgan fingerprint density at radius 1 is 0.935 bits per heavy atom. The molecular formula is C24H21FN4OS. The molecule has 1 aromatic heterocycles. The molecule has 0 saturated heterocycles. The van der Waals surface area contributed by atoms with E-state index in [4.69, 9.17) is 0 Å². The van der Waals surface area contributed by atoms with E-state index < -0.39 is 0 Å². The molecule has 0 saturated carbocycles. The van der Waals surface area contributed by atoms with Gasteiger partial charge in [-0.1, -0.05) is 48.2 Å². The van der Waals surface area contributed by atoms with E-state index in [1.54, 1.807) is 12.1 Å². The molecule has 0 aliphatic carbocycles. The minimum absolute atomic E-state index is 0.117. The van der Waals surface area contributed by atoms with E-state index in [-0.39, 0.29) is 17.5 Å². The average molecular weight is 433 g/mol. The highest BCUT2D eigenvalue weighted by Crippen LogP contribution is 2.28. The normalized spacial score (nSPS) is 10.8. The van der Waals surface area contributed by atoms with Crippen molar-refractivity contribution in [2.45, 2.75) is 19.0 Å². The lowest BCUT2D eigenvalue weighted by atomic mass is 10.1. The van der Waals surface area contributed by atoms with Crippen LogP contribution in [0.25, 0.3) is 17.1 Å². The molecule has 1 amide bonds. The van der Waals surface area contributed by atoms with Crippen LogP contribution < -0.4 is 5.32 Å². The number of hydrogen-bond acceptors (Lipinski definition) is 4. The first-order chi connectivity index (χ1) is 15.0. The Kier molecular flexibility index (Phi) is 6.13. The molecule has 0 unspecified atom stereocenters. The van der Waals surface area contributed by atoms with Gasteiger partial charge in [0.15, 0.2) is 11.0 Å². The lowest BCUT2D eigenvalue weighted by Crippen LogP contribution is -2.16. The van der Waals surface area contributed by atoms with E-state index in [1.165, 1.54) is 23.9 Å². The predicted octanol–water partition coefficient (Wildman–Crippen LogP) is 5.42. The Hall–Kier alpha value is -3.45. The Labute approximate surface area is 184 Å². The minimum atomic E-state index is -0.313. The summed E-state index contributed by atoms with van der Waals surface area (Å²) in [4.78, 5) is 12.6. The molecular weight excluding hydrogens is 411 g/mol. The summed E-state index contributed by atoms with van der Waals surface area (Å²) in [5, 5.41) is 12.2. The van der Waals surface area contributed by atoms with Crippen molar-refractivity contribution in [3.8, 4) is 17.1 Å². The number of benzene rings is 3. The van der Waals surface area contributed by atoms with Crippen molar-refractivity contribution in [2.24, 2.45) is 0 Å². The fraction of sp³-hybridized carbons (Fsp3) is 0.125. The number of halogens is 1. The monoisotopic (exact) mass is 432 g/mol. The van der Waals surface area contributed by atoms with Crippen molar-refractivity contribution in [1.82, 2.24) is 14.8 Å². The fourth-order valence-corrected chi connectivity index (χ4v) is 4.03. The number of carbonyl (C=O) groups is 1. The number of thioether (sulfide) groups is 1. The van der Waals surface area contributed by atoms with Crippen LogP contribution in [0, 0.1) is 19.7 Å². The molecule has 0 aliphatic heterocycles. The van der Waals surface area contributed by atoms with Gasteiger partial charge in [-0.05, 0) is 61.4 Å². The number of nitrogens with one attached hydrogen (secondary N) is 1. The average Bonchev–Trinajstić information content (AvgIpc) is 3.20. The number of aromatic nitrogens is 3. The van der Waals surface area contributed by atoms with E-state index in [1.807, 2.05) is 66.9 Å². The molecule has 31 heavy (non-hydrogen) atoms. The highest BCUT2D eigenvalue weighted by atomic mass is 32.2. The Balaban J connectivity index is 1.60. The van der Waals surface area contributed by atoms with Gasteiger partial charge in [0.25, 0.3) is 0 Å². The van der Waals surface area contributed by atoms with Crippen LogP contribution >= 0.6 is 11.8 Å². The third-order valence-corrected chi connectivity index (χ3v) is 5.76. The third-order valence-electron chi connectivity index (χ3n) is 4.83. The molecule has 0 aliphatic rings. The van der Waals surface area contributed by atoms with Crippen LogP contribution in [0.1, 0.15) is 11.1 Å². The predicted molar refractivity (Wildman–Crippen MR) is 122 cm³/mol. The van der Waals surface area contributed by atoms with Crippen molar-refractivity contribution in [3.63, 3.8) is 0 Å². The van der Waals surface area contributed by atoms with Crippen LogP contribution in [0.15, 0.2) is 78.0 Å². The summed E-state index contributed by atoms with van der Waals surface area (Å²) < 4.78 is 15.3. The molecule has 7 heteroatoms. The van der Waals surface area contributed by atoms with Crippen LogP contribution in [-0.4, -0.2) is 26.4 Å². The molecule has 1 N–H and O–H groups in total. The fourth-order valence-electron chi connectivity index (χ4n) is 3.28. The molecule has 0 atom stereocenters. The van der Waals surface area contributed by atoms with Gasteiger partial charge in [-0.3, -0.25) is 9.36 Å². The summed E-state index contributed by atoms with van der Waals surface area (Å²) in [5.41, 5.74) is 4.48. The van der Waals surface area contributed by atoms with E-state index in [9.17, 15) is 9.18 Å². The van der Waals surface area contributed by atoms with E-state index in [0.29, 0.717) is 11.0 Å². The highest BCUT2D eigenvalue weighted by Gasteiger charge is 2.18. The van der Waals surface area contributed by atoms with Gasteiger partial charge >= 0.3 is 0 Å². The maximum Gasteiger partial charge on any atom is 0.234 e. The molecule has 0 fully saturated rings. The number of hydrogen-bond donors (Lipinski definition) is 1. The first-order valence-corrected chi connectivity index (χ1v) is 10.8. The third kappa shape index (κ3) is 4.67. The van der Waals surface area contributed by atoms with Crippen molar-refractivity contribution >= 4 is 23.4 Å². The van der Waals surface area contributed by atoms with Gasteiger partial charge in [-0.25, -0.2) is 4.39 Å². The number of carbonyl (C=O) groups excluding carboxylic acids is 1. The molecule has 0 radical (unpaired) electrons. The molecule has 4 rings (SSSR count). The molecule has 0 bridgehead atoms. The van der Waals surface area contributed by atoms with Gasteiger partial charge in [-0.15, -0.1) is 10.2 Å². The van der Waals surface area contributed by atoms with Crippen molar-refractivity contribution in [2.75, 3.05) is 11.1 Å². The summed E-state index contributed by atoms with van der Waals surface area (Å²) in [6, 6.07) is 21.7. The quantitative estimate of drug-likeness (QED) is 0.413. The van der Waals surface area contributed by atoms with Gasteiger partial charge in [0.2, 0.25) is 5.91 Å². The molecule has 156 valence electrons. The lowest BCUT2D eigenvalue weighted by Gasteiger charge is -2.12. The van der Waals surface area contributed by atoms with Gasteiger partial charge in [-0.2, -0.15) is 0 Å². The van der Waals surface area contributed by atoms with Gasteiger partial charge in [0, 0.05) is 16.9 Å². The lowest BCUT2D eigenvalue weighted by molar-refractivity contribution is -0.113. The van der Waals surface area contributed by atoms with Crippen LogP contribution in [-0.2, 0) is 4.79 Å². The number of amides is 1. The van der Waals surface area contributed by atoms with Crippen molar-refractivity contribution in [3.05, 3.63) is 89.7 Å². The van der Waals surface area contributed by atoms with E-state index >= 15 is 0 Å². The maximum atomic E-state index is 13.4. The maximum absolute atomic E-state index is 13.4. The zero-order chi connectivity index (χ0) is 21.8. The number of aryl methyl sites for hydroxylation is 2. The molecule has 3 aromatic carbocycles. The number of rotatable bonds is 6. The second-order valence-corrected chi connectivity index (χ2v) is 8.03. The highest BCUT2D eigenvalue weighted by molar-refractivity contribution is 7.99. The standard InChI is InChI=1S/C24H21FN4OS/c1-16-7-6-8-17(2)22(16)26-21(30)15-31-24-28-27-23(18-11-13-19(25)14-12-18)29(24)20-9-4-3-5-10-20/h3-14H,15H2,1-2H3,(H,26,30). The van der Waals surface area contributed by atoms with Gasteiger partial charge in [0.05, 0.1) is 5.75 Å². The Morgan fingerprint density at radius 3 is 2.29 bits per heavy atom. The summed E-state index contributed by atoms with van der Waals surface area (Å²) in [7, 11) is 0. The van der Waals surface area contributed by atoms with Crippen molar-refractivity contribution in [1.29, 1.82) is 0 Å². The Bertz CT molecular complexity index is 1190. The Morgan fingerprint density at radius 2 is 1.61 bits per heavy atom. The van der Waals surface area contributed by atoms with Crippen LogP contribution in [0.3, 0.4) is 0 Å². The number of anilines is 1. The van der Waals surface area contributed by atoms with Crippen LogP contribution in [0.2, 0.25) is 0 Å². The smallest absolute Gasteiger partial charge is 0.234 e. The van der Waals surface area contributed by atoms with E-state index in [2.05, 4.69) is 15.5 Å². The second kappa shape index (κ2) is 9.14.